The van der Waals surface area contributed by atoms with E-state index in [1.807, 2.05) is 18.2 Å². The highest BCUT2D eigenvalue weighted by atomic mass is 16.3. The first-order chi connectivity index (χ1) is 4.61. The van der Waals surface area contributed by atoms with Crippen LogP contribution in [0.3, 0.4) is 0 Å². The van der Waals surface area contributed by atoms with E-state index < -0.39 is 0 Å². The van der Waals surface area contributed by atoms with Crippen LogP contribution in [0.5, 0.6) is 0 Å². The third-order valence-corrected chi connectivity index (χ3v) is 1.37. The maximum atomic E-state index is 5.29. The molecule has 54 valence electrons. The molecule has 0 aromatic carbocycles. The molecule has 1 nitrogen and oxygen atoms in total. The van der Waals surface area contributed by atoms with Crippen LogP contribution in [0.25, 0.3) is 0 Å². The molecular weight excluding hydrogens is 124 g/mol. The predicted molar refractivity (Wildman–Crippen MR) is 41.8 cm³/mol. The molecule has 0 radical (unpaired) electrons. The summed E-state index contributed by atoms with van der Waals surface area (Å²) < 4.78 is 5.29. The Labute approximate surface area is 61.7 Å². The zero-order chi connectivity index (χ0) is 7.61. The molecule has 1 heteroatoms. The van der Waals surface area contributed by atoms with Crippen molar-refractivity contribution in [1.29, 1.82) is 0 Å². The zero-order valence-electron chi connectivity index (χ0n) is 6.72. The molecule has 0 unspecified atom stereocenters. The Morgan fingerprint density at radius 3 is 2.20 bits per heavy atom. The topological polar surface area (TPSA) is 11.3 Å². The van der Waals surface area contributed by atoms with Crippen molar-refractivity contribution < 1.29 is 4.42 Å². The monoisotopic (exact) mass is 137 g/mol. The summed E-state index contributed by atoms with van der Waals surface area (Å²) in [5.74, 6) is 1.02. The molecule has 0 aliphatic heterocycles. The molecule has 0 aliphatic rings. The van der Waals surface area contributed by atoms with Crippen LogP contribution in [0.15, 0.2) is 28.9 Å². The summed E-state index contributed by atoms with van der Waals surface area (Å²) in [6, 6.07) is 5.87. The van der Waals surface area contributed by atoms with Gasteiger partial charge in [-0.25, -0.2) is 4.42 Å². The predicted octanol–water partition coefficient (Wildman–Crippen LogP) is 2.86. The van der Waals surface area contributed by atoms with Crippen molar-refractivity contribution in [2.45, 2.75) is 26.2 Å². The van der Waals surface area contributed by atoms with Crippen molar-refractivity contribution >= 4 is 0 Å². The third kappa shape index (κ3) is 1.56. The highest BCUT2D eigenvalue weighted by molar-refractivity contribution is 5.08. The first kappa shape index (κ1) is 7.26. The molecule has 0 atom stereocenters. The van der Waals surface area contributed by atoms with Crippen LogP contribution in [-0.4, -0.2) is 0 Å². The van der Waals surface area contributed by atoms with Gasteiger partial charge in [-0.05, 0) is 26.8 Å². The fraction of sp³-hybridized carbons (Fsp3) is 0.444. The Hall–Kier alpha value is -0.850. The van der Waals surface area contributed by atoms with Gasteiger partial charge in [-0.1, -0.05) is 0 Å². The second-order valence-corrected chi connectivity index (χ2v) is 3.42. The van der Waals surface area contributed by atoms with E-state index in [0.29, 0.717) is 0 Å². The second kappa shape index (κ2) is 2.41. The molecule has 0 amide bonds. The number of hydrogen-bond donors (Lipinski definition) is 0. The lowest BCUT2D eigenvalue weighted by Gasteiger charge is -2.06. The molecule has 1 heterocycles. The van der Waals surface area contributed by atoms with Gasteiger partial charge in [-0.2, -0.15) is 0 Å². The van der Waals surface area contributed by atoms with Crippen molar-refractivity contribution in [3.63, 3.8) is 0 Å². The normalized spacial score (nSPS) is 11.5. The molecule has 0 aliphatic carbocycles. The minimum atomic E-state index is 0.126. The largest absolute Gasteiger partial charge is 0.334 e. The van der Waals surface area contributed by atoms with Crippen molar-refractivity contribution in [1.82, 2.24) is 0 Å². The number of hydrogen-bond acceptors (Lipinski definition) is 0. The van der Waals surface area contributed by atoms with Crippen LogP contribution in [0, 0.1) is 0 Å². The van der Waals surface area contributed by atoms with E-state index in [1.165, 1.54) is 0 Å². The Balaban J connectivity index is 2.97. The minimum Gasteiger partial charge on any atom is -0.220 e. The molecule has 0 bridgehead atoms. The van der Waals surface area contributed by atoms with Gasteiger partial charge in [0.2, 0.25) is 0 Å². The first-order valence-corrected chi connectivity index (χ1v) is 3.48. The van der Waals surface area contributed by atoms with Crippen molar-refractivity contribution in [2.75, 3.05) is 0 Å². The summed E-state index contributed by atoms with van der Waals surface area (Å²) in [4.78, 5) is 0. The average Bonchev–Trinajstić information content (AvgIpc) is 1.88. The molecule has 0 saturated carbocycles. The third-order valence-electron chi connectivity index (χ3n) is 1.37. The molecular formula is C9H13O+. The van der Waals surface area contributed by atoms with Gasteiger partial charge >= 0.3 is 12.0 Å². The molecule has 0 saturated heterocycles. The lowest BCUT2D eigenvalue weighted by molar-refractivity contribution is 0.397. The van der Waals surface area contributed by atoms with E-state index in [1.54, 1.807) is 6.26 Å². The van der Waals surface area contributed by atoms with Crippen LogP contribution < -0.4 is 0 Å². The molecule has 0 spiro atoms. The van der Waals surface area contributed by atoms with E-state index >= 15 is 0 Å². The Bertz CT molecular complexity index is 196. The lowest BCUT2D eigenvalue weighted by atomic mass is 9.93. The molecule has 1 aromatic rings. The van der Waals surface area contributed by atoms with Crippen LogP contribution in [0.1, 0.15) is 26.5 Å². The van der Waals surface area contributed by atoms with E-state index in [4.69, 9.17) is 4.42 Å². The molecule has 10 heavy (non-hydrogen) atoms. The van der Waals surface area contributed by atoms with Crippen LogP contribution >= 0.6 is 0 Å². The van der Waals surface area contributed by atoms with Crippen molar-refractivity contribution in [3.05, 3.63) is 30.2 Å². The first-order valence-electron chi connectivity index (χ1n) is 3.48. The van der Waals surface area contributed by atoms with Gasteiger partial charge in [0.15, 0.2) is 0 Å². The lowest BCUT2D eigenvalue weighted by Crippen LogP contribution is -2.10. The Morgan fingerprint density at radius 2 is 1.90 bits per heavy atom. The SMILES string of the molecule is CC(C)(C)c1cccc[o+]1. The molecule has 1 aromatic heterocycles. The van der Waals surface area contributed by atoms with Crippen molar-refractivity contribution in [2.24, 2.45) is 0 Å². The van der Waals surface area contributed by atoms with E-state index in [2.05, 4.69) is 20.8 Å². The maximum Gasteiger partial charge on any atom is 0.334 e. The Morgan fingerprint density at radius 1 is 1.20 bits per heavy atom. The summed E-state index contributed by atoms with van der Waals surface area (Å²) in [7, 11) is 0. The van der Waals surface area contributed by atoms with E-state index in [9.17, 15) is 0 Å². The second-order valence-electron chi connectivity index (χ2n) is 3.42. The average molecular weight is 137 g/mol. The van der Waals surface area contributed by atoms with Gasteiger partial charge in [0.25, 0.3) is 0 Å². The quantitative estimate of drug-likeness (QED) is 0.500. The Kier molecular flexibility index (Phi) is 1.75. The van der Waals surface area contributed by atoms with Gasteiger partial charge in [0.05, 0.1) is 5.41 Å². The van der Waals surface area contributed by atoms with Crippen LogP contribution in [0.2, 0.25) is 0 Å². The summed E-state index contributed by atoms with van der Waals surface area (Å²) in [5, 5.41) is 0. The fourth-order valence-electron chi connectivity index (χ4n) is 0.767. The summed E-state index contributed by atoms with van der Waals surface area (Å²) in [6.45, 7) is 6.39. The fourth-order valence-corrected chi connectivity index (χ4v) is 0.767. The highest BCUT2D eigenvalue weighted by Crippen LogP contribution is 2.20. The van der Waals surface area contributed by atoms with Gasteiger partial charge in [0, 0.05) is 12.1 Å². The number of rotatable bonds is 0. The van der Waals surface area contributed by atoms with Gasteiger partial charge in [-0.3, -0.25) is 0 Å². The smallest absolute Gasteiger partial charge is 0.220 e. The van der Waals surface area contributed by atoms with Crippen molar-refractivity contribution in [3.8, 4) is 0 Å². The van der Waals surface area contributed by atoms with Crippen LogP contribution in [-0.2, 0) is 5.41 Å². The summed E-state index contributed by atoms with van der Waals surface area (Å²) in [6.07, 6.45) is 1.71. The zero-order valence-corrected chi connectivity index (χ0v) is 6.72. The molecule has 1 rings (SSSR count). The van der Waals surface area contributed by atoms with E-state index in [0.717, 1.165) is 5.76 Å². The summed E-state index contributed by atoms with van der Waals surface area (Å²) >= 11 is 0. The standard InChI is InChI=1S/C9H13O/c1-9(2,3)8-6-4-5-7-10-8/h4-7H,1-3H3/q+1. The van der Waals surface area contributed by atoms with Gasteiger partial charge in [0.1, 0.15) is 0 Å². The van der Waals surface area contributed by atoms with Gasteiger partial charge < -0.3 is 0 Å². The van der Waals surface area contributed by atoms with Crippen LogP contribution in [0.4, 0.5) is 0 Å². The maximum absolute atomic E-state index is 5.29. The van der Waals surface area contributed by atoms with Gasteiger partial charge in [-0.15, -0.1) is 0 Å². The molecule has 0 N–H and O–H groups in total. The highest BCUT2D eigenvalue weighted by Gasteiger charge is 2.24. The van der Waals surface area contributed by atoms with E-state index in [-0.39, 0.29) is 5.41 Å². The molecule has 0 fully saturated rings. The minimum absolute atomic E-state index is 0.126. The summed E-state index contributed by atoms with van der Waals surface area (Å²) in [5.41, 5.74) is 0.126.